The number of carboxylic acids is 1. The number of anilines is 1. The maximum Gasteiger partial charge on any atom is 0.339 e. The van der Waals surface area contributed by atoms with E-state index in [-0.39, 0.29) is 28.1 Å². The average Bonchev–Trinajstić information content (AvgIpc) is 2.46. The number of ether oxygens (including phenoxy) is 2. The standard InChI is InChI=1S/C13H17ClN2O5/c1-7(20-2)6-15-13(19)16-10-5-11(21-3)8(12(17)18)4-9(10)14/h4-5,7H,6H2,1-3H3,(H,17,18)(H2,15,16,19). The van der Waals surface area contributed by atoms with Gasteiger partial charge in [0.1, 0.15) is 11.3 Å². The fraction of sp³-hybridized carbons (Fsp3) is 0.385. The second-order valence-corrected chi connectivity index (χ2v) is 4.63. The van der Waals surface area contributed by atoms with Gasteiger partial charge in [-0.2, -0.15) is 0 Å². The van der Waals surface area contributed by atoms with Gasteiger partial charge in [0, 0.05) is 19.7 Å². The Morgan fingerprint density at radius 2 is 2.05 bits per heavy atom. The third-order valence-electron chi connectivity index (χ3n) is 2.72. The van der Waals surface area contributed by atoms with E-state index in [1.807, 2.05) is 0 Å². The van der Waals surface area contributed by atoms with E-state index in [0.717, 1.165) is 0 Å². The van der Waals surface area contributed by atoms with E-state index in [1.54, 1.807) is 6.92 Å². The summed E-state index contributed by atoms with van der Waals surface area (Å²) in [6.07, 6.45) is -0.129. The summed E-state index contributed by atoms with van der Waals surface area (Å²) in [5.74, 6) is -1.06. The number of hydrogen-bond donors (Lipinski definition) is 3. The summed E-state index contributed by atoms with van der Waals surface area (Å²) in [5, 5.41) is 14.2. The minimum absolute atomic E-state index is 0.0820. The number of carboxylic acid groups (broad SMARTS) is 1. The molecule has 21 heavy (non-hydrogen) atoms. The molecule has 0 heterocycles. The quantitative estimate of drug-likeness (QED) is 0.747. The van der Waals surface area contributed by atoms with Gasteiger partial charge in [-0.25, -0.2) is 9.59 Å². The largest absolute Gasteiger partial charge is 0.496 e. The Hall–Kier alpha value is -1.99. The number of benzene rings is 1. The van der Waals surface area contributed by atoms with Gasteiger partial charge < -0.3 is 25.2 Å². The molecule has 1 aromatic carbocycles. The predicted molar refractivity (Wildman–Crippen MR) is 78.5 cm³/mol. The van der Waals surface area contributed by atoms with E-state index >= 15 is 0 Å². The molecule has 1 aromatic rings. The van der Waals surface area contributed by atoms with Crippen LogP contribution >= 0.6 is 11.6 Å². The van der Waals surface area contributed by atoms with Gasteiger partial charge in [-0.05, 0) is 13.0 Å². The first-order valence-electron chi connectivity index (χ1n) is 6.07. The first-order chi connectivity index (χ1) is 9.88. The van der Waals surface area contributed by atoms with Gasteiger partial charge in [0.15, 0.2) is 0 Å². The lowest BCUT2D eigenvalue weighted by atomic mass is 10.2. The number of carbonyl (C=O) groups is 2. The topological polar surface area (TPSA) is 96.9 Å². The first kappa shape index (κ1) is 17.1. The molecule has 2 amide bonds. The molecule has 7 nitrogen and oxygen atoms in total. The summed E-state index contributed by atoms with van der Waals surface area (Å²) in [5.41, 5.74) is 0.169. The lowest BCUT2D eigenvalue weighted by molar-refractivity contribution is 0.0693. The van der Waals surface area contributed by atoms with Crippen LogP contribution in [-0.2, 0) is 4.74 Å². The zero-order chi connectivity index (χ0) is 16.0. The number of urea groups is 1. The Balaban J connectivity index is 2.84. The molecule has 1 rings (SSSR count). The van der Waals surface area contributed by atoms with E-state index < -0.39 is 12.0 Å². The van der Waals surface area contributed by atoms with Crippen LogP contribution in [-0.4, -0.2) is 44.0 Å². The number of carbonyl (C=O) groups excluding carboxylic acids is 1. The van der Waals surface area contributed by atoms with Crippen LogP contribution in [0.5, 0.6) is 5.75 Å². The number of hydrogen-bond acceptors (Lipinski definition) is 4. The molecule has 1 unspecified atom stereocenters. The van der Waals surface area contributed by atoms with Crippen LogP contribution in [0.1, 0.15) is 17.3 Å². The summed E-state index contributed by atoms with van der Waals surface area (Å²) in [7, 11) is 2.87. The Morgan fingerprint density at radius 1 is 1.38 bits per heavy atom. The highest BCUT2D eigenvalue weighted by Crippen LogP contribution is 2.30. The smallest absolute Gasteiger partial charge is 0.339 e. The number of aromatic carboxylic acids is 1. The van der Waals surface area contributed by atoms with Crippen molar-refractivity contribution >= 4 is 29.3 Å². The summed E-state index contributed by atoms with van der Waals surface area (Å²) < 4.78 is 9.97. The van der Waals surface area contributed by atoms with Crippen LogP contribution < -0.4 is 15.4 Å². The molecule has 0 saturated heterocycles. The Bertz CT molecular complexity index is 536. The number of halogens is 1. The molecular weight excluding hydrogens is 300 g/mol. The van der Waals surface area contributed by atoms with Gasteiger partial charge in [-0.15, -0.1) is 0 Å². The normalized spacial score (nSPS) is 11.6. The van der Waals surface area contributed by atoms with Gasteiger partial charge in [0.05, 0.1) is 23.9 Å². The molecule has 3 N–H and O–H groups in total. The van der Waals surface area contributed by atoms with Gasteiger partial charge >= 0.3 is 12.0 Å². The van der Waals surface area contributed by atoms with Crippen molar-refractivity contribution in [1.29, 1.82) is 0 Å². The predicted octanol–water partition coefficient (Wildman–Crippen LogP) is 2.20. The molecular formula is C13H17ClN2O5. The molecule has 0 aliphatic heterocycles. The fourth-order valence-electron chi connectivity index (χ4n) is 1.47. The molecule has 0 aliphatic rings. The SMILES string of the molecule is COc1cc(NC(=O)NCC(C)OC)c(Cl)cc1C(=O)O. The Kier molecular flexibility index (Phi) is 6.26. The van der Waals surface area contributed by atoms with Crippen molar-refractivity contribution < 1.29 is 24.2 Å². The number of amides is 2. The van der Waals surface area contributed by atoms with Crippen molar-refractivity contribution in [3.8, 4) is 5.75 Å². The van der Waals surface area contributed by atoms with Crippen LogP contribution in [0.15, 0.2) is 12.1 Å². The molecule has 0 fully saturated rings. The summed E-state index contributed by atoms with van der Waals surface area (Å²) >= 11 is 5.95. The molecule has 0 aliphatic carbocycles. The van der Waals surface area contributed by atoms with Gasteiger partial charge in [0.2, 0.25) is 0 Å². The van der Waals surface area contributed by atoms with Crippen LogP contribution in [0, 0.1) is 0 Å². The third-order valence-corrected chi connectivity index (χ3v) is 3.03. The van der Waals surface area contributed by atoms with Gasteiger partial charge in [0.25, 0.3) is 0 Å². The monoisotopic (exact) mass is 316 g/mol. The summed E-state index contributed by atoms with van der Waals surface area (Å²) in [6, 6.07) is 2.09. The second-order valence-electron chi connectivity index (χ2n) is 4.22. The molecule has 0 spiro atoms. The highest BCUT2D eigenvalue weighted by atomic mass is 35.5. The zero-order valence-electron chi connectivity index (χ0n) is 11.9. The molecule has 1 atom stereocenters. The second kappa shape index (κ2) is 7.70. The van der Waals surface area contributed by atoms with E-state index in [0.29, 0.717) is 6.54 Å². The lowest BCUT2D eigenvalue weighted by Crippen LogP contribution is -2.34. The lowest BCUT2D eigenvalue weighted by Gasteiger charge is -2.14. The Labute approximate surface area is 127 Å². The molecule has 8 heteroatoms. The van der Waals surface area contributed by atoms with Crippen LogP contribution in [0.25, 0.3) is 0 Å². The van der Waals surface area contributed by atoms with Crippen LogP contribution in [0.3, 0.4) is 0 Å². The molecule has 0 bridgehead atoms. The molecule has 0 saturated carbocycles. The molecule has 0 aromatic heterocycles. The number of nitrogens with one attached hydrogen (secondary N) is 2. The van der Waals surface area contributed by atoms with E-state index in [9.17, 15) is 9.59 Å². The van der Waals surface area contributed by atoms with E-state index in [4.69, 9.17) is 26.2 Å². The Morgan fingerprint density at radius 3 is 2.57 bits per heavy atom. The molecule has 0 radical (unpaired) electrons. The van der Waals surface area contributed by atoms with Gasteiger partial charge in [-0.1, -0.05) is 11.6 Å². The molecule has 116 valence electrons. The van der Waals surface area contributed by atoms with Crippen molar-refractivity contribution in [3.05, 3.63) is 22.7 Å². The maximum absolute atomic E-state index is 11.7. The van der Waals surface area contributed by atoms with E-state index in [2.05, 4.69) is 10.6 Å². The third kappa shape index (κ3) is 4.80. The minimum Gasteiger partial charge on any atom is -0.496 e. The summed E-state index contributed by atoms with van der Waals surface area (Å²) in [6.45, 7) is 2.13. The van der Waals surface area contributed by atoms with Crippen LogP contribution in [0.2, 0.25) is 5.02 Å². The maximum atomic E-state index is 11.7. The van der Waals surface area contributed by atoms with Crippen molar-refractivity contribution in [2.45, 2.75) is 13.0 Å². The summed E-state index contributed by atoms with van der Waals surface area (Å²) in [4.78, 5) is 22.7. The highest BCUT2D eigenvalue weighted by molar-refractivity contribution is 6.34. The van der Waals surface area contributed by atoms with Crippen molar-refractivity contribution in [2.75, 3.05) is 26.1 Å². The van der Waals surface area contributed by atoms with Crippen molar-refractivity contribution in [3.63, 3.8) is 0 Å². The number of rotatable bonds is 6. The van der Waals surface area contributed by atoms with Gasteiger partial charge in [-0.3, -0.25) is 0 Å². The average molecular weight is 317 g/mol. The highest BCUT2D eigenvalue weighted by Gasteiger charge is 2.16. The van der Waals surface area contributed by atoms with E-state index in [1.165, 1.54) is 26.4 Å². The number of methoxy groups -OCH3 is 2. The first-order valence-corrected chi connectivity index (χ1v) is 6.45. The van der Waals surface area contributed by atoms with Crippen LogP contribution in [0.4, 0.5) is 10.5 Å². The van der Waals surface area contributed by atoms with Crippen molar-refractivity contribution in [1.82, 2.24) is 5.32 Å². The fourth-order valence-corrected chi connectivity index (χ4v) is 1.68. The van der Waals surface area contributed by atoms with Crippen molar-refractivity contribution in [2.24, 2.45) is 0 Å². The zero-order valence-corrected chi connectivity index (χ0v) is 12.7. The minimum atomic E-state index is -1.17.